The number of nitrogens with two attached hydrogens (primary N) is 1. The molecule has 1 aromatic carbocycles. The fourth-order valence-corrected chi connectivity index (χ4v) is 4.45. The summed E-state index contributed by atoms with van der Waals surface area (Å²) in [6, 6.07) is 11.3. The molecule has 4 rings (SSSR count). The molecule has 5 N–H and O–H groups in total. The lowest BCUT2D eigenvalue weighted by Crippen LogP contribution is -2.15. The summed E-state index contributed by atoms with van der Waals surface area (Å²) in [5.41, 5.74) is 5.99. The number of aliphatic hydroxyl groups excluding tert-OH is 1. The van der Waals surface area contributed by atoms with Gasteiger partial charge in [-0.1, -0.05) is 18.2 Å². The number of thiophene rings is 1. The maximum Gasteiger partial charge on any atom is 0.251 e. The first-order valence-electron chi connectivity index (χ1n) is 10.7. The lowest BCUT2D eigenvalue weighted by atomic mass is 9.96. The molecule has 0 aliphatic heterocycles. The first-order chi connectivity index (χ1) is 16.6. The molecule has 3 aromatic heterocycles. The van der Waals surface area contributed by atoms with Crippen molar-refractivity contribution in [3.05, 3.63) is 70.9 Å². The Morgan fingerprint density at radius 1 is 1.26 bits per heavy atom. The molecule has 0 bridgehead atoms. The number of halogens is 1. The molecule has 0 atom stereocenters. The zero-order valence-corrected chi connectivity index (χ0v) is 19.9. The van der Waals surface area contributed by atoms with Gasteiger partial charge < -0.3 is 21.3 Å². The number of rotatable bonds is 9. The standard InChI is InChI=1S/C23H24FN7O3S/c1-23(2,34)13-6-7-15(17(24)10-13)18-12-16(21(25)33)22(35-18)27-19-5-3-4-14(26-19)11-20-28-30-31(29-20)8-9-32/h3-7,10,12,32,34H,8-9,11H2,1-2H3,(H2,25,33)(H,26,27). The second-order valence-corrected chi connectivity index (χ2v) is 9.36. The summed E-state index contributed by atoms with van der Waals surface area (Å²) < 4.78 is 14.9. The zero-order chi connectivity index (χ0) is 25.2. The second kappa shape index (κ2) is 9.86. The number of anilines is 2. The van der Waals surface area contributed by atoms with Gasteiger partial charge in [-0.25, -0.2) is 9.37 Å². The molecule has 3 heterocycles. The van der Waals surface area contributed by atoms with Crippen molar-refractivity contribution in [3.8, 4) is 10.4 Å². The molecule has 182 valence electrons. The van der Waals surface area contributed by atoms with E-state index >= 15 is 0 Å². The van der Waals surface area contributed by atoms with Crippen LogP contribution in [0.1, 0.15) is 41.3 Å². The van der Waals surface area contributed by atoms with E-state index in [0.29, 0.717) is 39.2 Å². The largest absolute Gasteiger partial charge is 0.394 e. The molecule has 4 aromatic rings. The summed E-state index contributed by atoms with van der Waals surface area (Å²) in [5, 5.41) is 34.6. The Labute approximate surface area is 204 Å². The molecule has 0 aliphatic rings. The lowest BCUT2D eigenvalue weighted by Gasteiger charge is -2.18. The van der Waals surface area contributed by atoms with Crippen molar-refractivity contribution in [2.75, 3.05) is 11.9 Å². The van der Waals surface area contributed by atoms with Crippen LogP contribution in [-0.2, 0) is 18.6 Å². The molecule has 0 aliphatic carbocycles. The number of carbonyl (C=O) groups excluding carboxylic acids is 1. The Balaban J connectivity index is 1.59. The normalized spacial score (nSPS) is 11.6. The predicted molar refractivity (Wildman–Crippen MR) is 129 cm³/mol. The van der Waals surface area contributed by atoms with Crippen molar-refractivity contribution < 1.29 is 19.4 Å². The predicted octanol–water partition coefficient (Wildman–Crippen LogP) is 2.59. The number of hydrogen-bond acceptors (Lipinski definition) is 9. The van der Waals surface area contributed by atoms with E-state index in [1.54, 1.807) is 44.2 Å². The average molecular weight is 498 g/mol. The monoisotopic (exact) mass is 497 g/mol. The minimum Gasteiger partial charge on any atom is -0.394 e. The molecular weight excluding hydrogens is 473 g/mol. The smallest absolute Gasteiger partial charge is 0.251 e. The summed E-state index contributed by atoms with van der Waals surface area (Å²) >= 11 is 1.17. The molecule has 0 radical (unpaired) electrons. The molecular formula is C23H24FN7O3S. The Morgan fingerprint density at radius 3 is 2.74 bits per heavy atom. The van der Waals surface area contributed by atoms with Crippen LogP contribution in [0.4, 0.5) is 15.2 Å². The number of nitrogens with zero attached hydrogens (tertiary/aromatic N) is 5. The Morgan fingerprint density at radius 2 is 2.06 bits per heavy atom. The van der Waals surface area contributed by atoms with E-state index < -0.39 is 17.3 Å². The van der Waals surface area contributed by atoms with Crippen molar-refractivity contribution in [1.29, 1.82) is 0 Å². The van der Waals surface area contributed by atoms with Gasteiger partial charge in [-0.15, -0.1) is 21.5 Å². The number of aliphatic hydroxyl groups is 2. The van der Waals surface area contributed by atoms with Gasteiger partial charge in [0.05, 0.1) is 36.4 Å². The molecule has 1 amide bonds. The van der Waals surface area contributed by atoms with Crippen molar-refractivity contribution in [2.45, 2.75) is 32.4 Å². The van der Waals surface area contributed by atoms with Crippen LogP contribution >= 0.6 is 11.3 Å². The number of pyridine rings is 1. The Kier molecular flexibility index (Phi) is 6.87. The maximum absolute atomic E-state index is 14.9. The van der Waals surface area contributed by atoms with Crippen LogP contribution in [0, 0.1) is 5.82 Å². The van der Waals surface area contributed by atoms with E-state index in [0.717, 1.165) is 0 Å². The van der Waals surface area contributed by atoms with Crippen molar-refractivity contribution >= 4 is 28.1 Å². The van der Waals surface area contributed by atoms with Crippen LogP contribution in [0.2, 0.25) is 0 Å². The summed E-state index contributed by atoms with van der Waals surface area (Å²) in [6.07, 6.45) is 0.318. The molecule has 0 saturated carbocycles. The zero-order valence-electron chi connectivity index (χ0n) is 19.1. The number of hydrogen-bond donors (Lipinski definition) is 4. The van der Waals surface area contributed by atoms with E-state index in [4.69, 9.17) is 10.8 Å². The third-order valence-electron chi connectivity index (χ3n) is 5.12. The third kappa shape index (κ3) is 5.67. The van der Waals surface area contributed by atoms with Gasteiger partial charge in [0.2, 0.25) is 0 Å². The number of amides is 1. The number of primary amides is 1. The van der Waals surface area contributed by atoms with Gasteiger partial charge >= 0.3 is 0 Å². The third-order valence-corrected chi connectivity index (χ3v) is 6.20. The van der Waals surface area contributed by atoms with Crippen LogP contribution in [0.3, 0.4) is 0 Å². The SMILES string of the molecule is CC(C)(O)c1ccc(-c2cc(C(N)=O)c(Nc3cccc(Cc4nnn(CCO)n4)n3)s2)c(F)c1. The topological polar surface area (TPSA) is 152 Å². The van der Waals surface area contributed by atoms with E-state index in [9.17, 15) is 14.3 Å². The van der Waals surface area contributed by atoms with Crippen LogP contribution in [-0.4, -0.2) is 47.9 Å². The number of benzene rings is 1. The van der Waals surface area contributed by atoms with Crippen molar-refractivity contribution in [1.82, 2.24) is 25.2 Å². The van der Waals surface area contributed by atoms with Gasteiger partial charge in [-0.3, -0.25) is 4.79 Å². The Hall–Kier alpha value is -3.74. The molecule has 10 nitrogen and oxygen atoms in total. The number of tetrazole rings is 1. The van der Waals surface area contributed by atoms with Crippen LogP contribution in [0.5, 0.6) is 0 Å². The molecule has 12 heteroatoms. The quantitative estimate of drug-likeness (QED) is 0.275. The number of aromatic nitrogens is 5. The van der Waals surface area contributed by atoms with Crippen LogP contribution < -0.4 is 11.1 Å². The van der Waals surface area contributed by atoms with Gasteiger partial charge in [0, 0.05) is 10.4 Å². The molecule has 35 heavy (non-hydrogen) atoms. The van der Waals surface area contributed by atoms with E-state index in [1.165, 1.54) is 28.3 Å². The fourth-order valence-electron chi connectivity index (χ4n) is 3.35. The summed E-state index contributed by atoms with van der Waals surface area (Å²) in [5.74, 6) is -0.275. The highest BCUT2D eigenvalue weighted by Crippen LogP contribution is 2.38. The van der Waals surface area contributed by atoms with Gasteiger partial charge in [0.15, 0.2) is 5.82 Å². The van der Waals surface area contributed by atoms with Crippen molar-refractivity contribution in [2.24, 2.45) is 5.73 Å². The Bertz CT molecular complexity index is 1360. The van der Waals surface area contributed by atoms with E-state index in [1.807, 2.05) is 0 Å². The van der Waals surface area contributed by atoms with E-state index in [2.05, 4.69) is 25.7 Å². The fraction of sp³-hybridized carbons (Fsp3) is 0.261. The first kappa shape index (κ1) is 24.4. The van der Waals surface area contributed by atoms with Gasteiger partial charge in [-0.2, -0.15) is 4.80 Å². The minimum atomic E-state index is -1.18. The molecule has 0 unspecified atom stereocenters. The number of nitrogens with one attached hydrogen (secondary N) is 1. The highest BCUT2D eigenvalue weighted by Gasteiger charge is 2.21. The lowest BCUT2D eigenvalue weighted by molar-refractivity contribution is 0.0782. The average Bonchev–Trinajstić information content (AvgIpc) is 3.40. The molecule has 0 spiro atoms. The highest BCUT2D eigenvalue weighted by atomic mass is 32.1. The maximum atomic E-state index is 14.9. The summed E-state index contributed by atoms with van der Waals surface area (Å²) in [7, 11) is 0. The summed E-state index contributed by atoms with van der Waals surface area (Å²) in [4.78, 5) is 18.4. The van der Waals surface area contributed by atoms with E-state index in [-0.39, 0.29) is 24.3 Å². The number of carbonyl (C=O) groups is 1. The van der Waals surface area contributed by atoms with Gasteiger partial charge in [-0.05, 0) is 48.9 Å². The van der Waals surface area contributed by atoms with Gasteiger partial charge in [0.25, 0.3) is 5.91 Å². The minimum absolute atomic E-state index is 0.0914. The van der Waals surface area contributed by atoms with Crippen LogP contribution in [0.15, 0.2) is 42.5 Å². The highest BCUT2D eigenvalue weighted by molar-refractivity contribution is 7.19. The van der Waals surface area contributed by atoms with Crippen molar-refractivity contribution in [3.63, 3.8) is 0 Å². The second-order valence-electron chi connectivity index (χ2n) is 8.31. The molecule has 0 fully saturated rings. The van der Waals surface area contributed by atoms with Gasteiger partial charge in [0.1, 0.15) is 16.6 Å². The summed E-state index contributed by atoms with van der Waals surface area (Å²) in [6.45, 7) is 3.31. The molecule has 0 saturated heterocycles. The van der Waals surface area contributed by atoms with Crippen LogP contribution in [0.25, 0.3) is 10.4 Å². The first-order valence-corrected chi connectivity index (χ1v) is 11.5.